The minimum Gasteiger partial charge on any atom is -0.460 e. The summed E-state index contributed by atoms with van der Waals surface area (Å²) in [6.07, 6.45) is 4.98. The van der Waals surface area contributed by atoms with Gasteiger partial charge in [0.25, 0.3) is 11.8 Å². The minimum atomic E-state index is -0.837. The van der Waals surface area contributed by atoms with Gasteiger partial charge in [0.2, 0.25) is 0 Å². The van der Waals surface area contributed by atoms with Gasteiger partial charge >= 0.3 is 0 Å². The van der Waals surface area contributed by atoms with E-state index in [9.17, 15) is 14.0 Å². The predicted molar refractivity (Wildman–Crippen MR) is 149 cm³/mol. The Morgan fingerprint density at radius 1 is 0.976 bits per heavy atom. The number of nitrogens with one attached hydrogen (secondary N) is 1. The van der Waals surface area contributed by atoms with Gasteiger partial charge in [-0.15, -0.1) is 0 Å². The van der Waals surface area contributed by atoms with Gasteiger partial charge in [-0.2, -0.15) is 0 Å². The fraction of sp³-hybridized carbons (Fsp3) is 0.188. The van der Waals surface area contributed by atoms with Crippen LogP contribution in [0.5, 0.6) is 0 Å². The summed E-state index contributed by atoms with van der Waals surface area (Å²) in [4.78, 5) is 34.6. The first-order chi connectivity index (χ1) is 19.6. The van der Waals surface area contributed by atoms with Gasteiger partial charge in [-0.3, -0.25) is 19.6 Å². The Hall–Kier alpha value is -4.92. The third kappa shape index (κ3) is 4.84. The number of hydrogen-bond acceptors (Lipinski definition) is 5. The Kier molecular flexibility index (Phi) is 6.37. The summed E-state index contributed by atoms with van der Waals surface area (Å²) in [5.41, 5.74) is 9.18. The van der Waals surface area contributed by atoms with Crippen molar-refractivity contribution >= 4 is 22.8 Å². The zero-order chi connectivity index (χ0) is 28.9. The Morgan fingerprint density at radius 3 is 2.39 bits per heavy atom. The lowest BCUT2D eigenvalue weighted by Gasteiger charge is -2.17. The molecule has 41 heavy (non-hydrogen) atoms. The van der Waals surface area contributed by atoms with Crippen LogP contribution in [0.3, 0.4) is 0 Å². The zero-order valence-electron chi connectivity index (χ0n) is 22.4. The molecule has 5 aromatic rings. The van der Waals surface area contributed by atoms with Crippen LogP contribution in [0, 0.1) is 25.5 Å². The highest BCUT2D eigenvalue weighted by atomic mass is 19.1. The minimum absolute atomic E-state index is 0.0313. The molecule has 0 aliphatic heterocycles. The monoisotopic (exact) mass is 552 g/mol. The van der Waals surface area contributed by atoms with Crippen LogP contribution in [0.25, 0.3) is 22.1 Å². The third-order valence-electron chi connectivity index (χ3n) is 7.55. The van der Waals surface area contributed by atoms with Gasteiger partial charge in [-0.05, 0) is 79.8 Å². The highest BCUT2D eigenvalue weighted by Gasteiger charge is 2.47. The summed E-state index contributed by atoms with van der Waals surface area (Å²) in [7, 11) is 0. The molecule has 0 unspecified atom stereocenters. The Bertz CT molecular complexity index is 1830. The van der Waals surface area contributed by atoms with Gasteiger partial charge in [0.15, 0.2) is 0 Å². The first-order valence-electron chi connectivity index (χ1n) is 13.2. The molecule has 0 radical (unpaired) electrons. The number of halogens is 2. The van der Waals surface area contributed by atoms with Gasteiger partial charge in [-0.1, -0.05) is 18.2 Å². The predicted octanol–water partition coefficient (Wildman–Crippen LogP) is 5.89. The molecule has 1 aliphatic carbocycles. The Balaban J connectivity index is 1.36. The first kappa shape index (κ1) is 26.3. The Labute approximate surface area is 234 Å². The second-order valence-corrected chi connectivity index (χ2v) is 10.5. The molecule has 0 spiro atoms. The number of benzene rings is 3. The number of fused-ring (bicyclic) bond motifs is 1. The third-order valence-corrected chi connectivity index (χ3v) is 7.55. The molecule has 7 nitrogen and oxygen atoms in total. The number of carbonyl (C=O) groups excluding carboxylic acids is 2. The molecule has 2 amide bonds. The number of rotatable bonds is 7. The van der Waals surface area contributed by atoms with Crippen molar-refractivity contribution in [3.63, 3.8) is 0 Å². The van der Waals surface area contributed by atoms with Crippen LogP contribution in [0.4, 0.5) is 8.78 Å². The molecule has 2 aromatic heterocycles. The molecule has 0 atom stereocenters. The molecule has 3 N–H and O–H groups in total. The normalized spacial score (nSPS) is 13.8. The number of primary amides is 1. The lowest BCUT2D eigenvalue weighted by atomic mass is 9.95. The molecule has 1 saturated carbocycles. The largest absolute Gasteiger partial charge is 0.460 e. The van der Waals surface area contributed by atoms with E-state index in [0.29, 0.717) is 22.4 Å². The van der Waals surface area contributed by atoms with Gasteiger partial charge in [0.05, 0.1) is 34.1 Å². The van der Waals surface area contributed by atoms with E-state index < -0.39 is 23.1 Å². The quantitative estimate of drug-likeness (QED) is 0.261. The number of nitrogens with two attached hydrogens (primary N) is 1. The molecule has 3 aromatic carbocycles. The molecule has 0 saturated heterocycles. The van der Waals surface area contributed by atoms with Crippen molar-refractivity contribution in [2.24, 2.45) is 5.73 Å². The number of nitrogens with zero attached hydrogens (tertiary/aromatic N) is 2. The van der Waals surface area contributed by atoms with E-state index in [1.165, 1.54) is 12.1 Å². The van der Waals surface area contributed by atoms with Crippen molar-refractivity contribution in [3.05, 3.63) is 118 Å². The maximum Gasteiger partial charge on any atom is 0.253 e. The number of amides is 2. The molecular weight excluding hydrogens is 526 g/mol. The number of hydrogen-bond donors (Lipinski definition) is 2. The van der Waals surface area contributed by atoms with Crippen LogP contribution in [0.15, 0.2) is 71.4 Å². The number of aromatic nitrogens is 2. The SMILES string of the molecule is Cc1cnc(C2(NC(=O)c3ccc(C)c(-c4ccc5oc(Cc6ccc(F)cc6)c(C(N)=O)c5c4F)c3)CC2)cn1. The molecular formula is C32H26F2N4O3. The van der Waals surface area contributed by atoms with Crippen LogP contribution >= 0.6 is 0 Å². The highest BCUT2D eigenvalue weighted by Crippen LogP contribution is 2.44. The van der Waals surface area contributed by atoms with Crippen molar-refractivity contribution in [1.29, 1.82) is 0 Å². The van der Waals surface area contributed by atoms with Crippen molar-refractivity contribution < 1.29 is 22.8 Å². The summed E-state index contributed by atoms with van der Waals surface area (Å²) in [6.45, 7) is 3.66. The lowest BCUT2D eigenvalue weighted by molar-refractivity contribution is 0.0928. The summed E-state index contributed by atoms with van der Waals surface area (Å²) in [5, 5.41) is 3.05. The molecule has 9 heteroatoms. The molecule has 1 aliphatic rings. The van der Waals surface area contributed by atoms with Crippen LogP contribution < -0.4 is 11.1 Å². The summed E-state index contributed by atoms with van der Waals surface area (Å²) >= 11 is 0. The van der Waals surface area contributed by atoms with E-state index in [1.807, 2.05) is 13.8 Å². The average molecular weight is 553 g/mol. The van der Waals surface area contributed by atoms with E-state index in [2.05, 4.69) is 15.3 Å². The van der Waals surface area contributed by atoms with E-state index in [-0.39, 0.29) is 40.2 Å². The fourth-order valence-electron chi connectivity index (χ4n) is 5.13. The highest BCUT2D eigenvalue weighted by molar-refractivity contribution is 6.08. The fourth-order valence-corrected chi connectivity index (χ4v) is 5.13. The van der Waals surface area contributed by atoms with Crippen LogP contribution in [-0.4, -0.2) is 21.8 Å². The smallest absolute Gasteiger partial charge is 0.253 e. The molecule has 2 heterocycles. The van der Waals surface area contributed by atoms with Crippen molar-refractivity contribution in [2.45, 2.75) is 38.6 Å². The van der Waals surface area contributed by atoms with E-state index in [0.717, 1.165) is 24.1 Å². The maximum absolute atomic E-state index is 16.2. The topological polar surface area (TPSA) is 111 Å². The average Bonchev–Trinajstić information content (AvgIpc) is 3.62. The second kappa shape index (κ2) is 9.92. The van der Waals surface area contributed by atoms with Crippen LogP contribution in [0.1, 0.15) is 61.8 Å². The second-order valence-electron chi connectivity index (χ2n) is 10.5. The van der Waals surface area contributed by atoms with Crippen molar-refractivity contribution in [3.8, 4) is 11.1 Å². The number of carbonyl (C=O) groups is 2. The van der Waals surface area contributed by atoms with Crippen molar-refractivity contribution in [2.75, 3.05) is 0 Å². The molecule has 0 bridgehead atoms. The van der Waals surface area contributed by atoms with Gasteiger partial charge in [-0.25, -0.2) is 8.78 Å². The Morgan fingerprint density at radius 2 is 1.73 bits per heavy atom. The van der Waals surface area contributed by atoms with Gasteiger partial charge < -0.3 is 15.5 Å². The van der Waals surface area contributed by atoms with E-state index >= 15 is 4.39 Å². The maximum atomic E-state index is 16.2. The van der Waals surface area contributed by atoms with E-state index in [4.69, 9.17) is 10.2 Å². The lowest BCUT2D eigenvalue weighted by Crippen LogP contribution is -2.35. The molecule has 1 fully saturated rings. The van der Waals surface area contributed by atoms with Crippen LogP contribution in [-0.2, 0) is 12.0 Å². The summed E-state index contributed by atoms with van der Waals surface area (Å²) in [5.74, 6) is -2.04. The van der Waals surface area contributed by atoms with Crippen molar-refractivity contribution in [1.82, 2.24) is 15.3 Å². The van der Waals surface area contributed by atoms with E-state index in [1.54, 1.807) is 54.9 Å². The van der Waals surface area contributed by atoms with Crippen LogP contribution in [0.2, 0.25) is 0 Å². The first-order valence-corrected chi connectivity index (χ1v) is 13.2. The summed E-state index contributed by atoms with van der Waals surface area (Å²) in [6, 6.07) is 13.9. The number of aryl methyl sites for hydroxylation is 2. The van der Waals surface area contributed by atoms with Gasteiger partial charge in [0, 0.05) is 23.7 Å². The standard InChI is InChI=1S/C32H26F2N4O3/c1-17-3-6-20(31(40)38-32(11-12-32)26-16-36-18(2)15-37-26)14-23(17)22-9-10-24-27(29(22)34)28(30(35)39)25(41-24)13-19-4-7-21(33)8-5-19/h3-10,14-16H,11-13H2,1-2H3,(H2,35,39)(H,38,40). The molecule has 206 valence electrons. The molecule has 6 rings (SSSR count). The summed E-state index contributed by atoms with van der Waals surface area (Å²) < 4.78 is 35.4. The van der Waals surface area contributed by atoms with Gasteiger partial charge in [0.1, 0.15) is 23.0 Å². The zero-order valence-corrected chi connectivity index (χ0v) is 22.4. The number of furan rings is 1.